The van der Waals surface area contributed by atoms with Crippen LogP contribution in [0.5, 0.6) is 5.75 Å². The molecule has 1 unspecified atom stereocenters. The zero-order valence-corrected chi connectivity index (χ0v) is 14.2. The number of nitrogens with one attached hydrogen (secondary N) is 1. The van der Waals surface area contributed by atoms with E-state index in [1.54, 1.807) is 31.2 Å². The molecule has 0 saturated heterocycles. The van der Waals surface area contributed by atoms with Crippen molar-refractivity contribution in [3.05, 3.63) is 30.3 Å². The quantitative estimate of drug-likeness (QED) is 0.583. The van der Waals surface area contributed by atoms with Gasteiger partial charge in [0.25, 0.3) is 0 Å². The number of hydrogen-bond donors (Lipinski definition) is 1. The molecule has 0 saturated carbocycles. The molecule has 0 aliphatic rings. The first-order chi connectivity index (χ1) is 10.1. The molecule has 0 aliphatic carbocycles. The SMILES string of the molecule is CC.CCCOC(=O)CNP(=O)(CC)Oc1ccccc1. The van der Waals surface area contributed by atoms with E-state index in [2.05, 4.69) is 5.09 Å². The van der Waals surface area contributed by atoms with Gasteiger partial charge >= 0.3 is 13.5 Å². The number of para-hydroxylation sites is 1. The van der Waals surface area contributed by atoms with Gasteiger partial charge in [0, 0.05) is 6.16 Å². The average Bonchev–Trinajstić information content (AvgIpc) is 2.54. The van der Waals surface area contributed by atoms with Gasteiger partial charge in [-0.05, 0) is 18.6 Å². The van der Waals surface area contributed by atoms with E-state index < -0.39 is 13.5 Å². The molecule has 6 heteroatoms. The van der Waals surface area contributed by atoms with Gasteiger partial charge in [-0.15, -0.1) is 0 Å². The van der Waals surface area contributed by atoms with Crippen molar-refractivity contribution < 1.29 is 18.6 Å². The van der Waals surface area contributed by atoms with Gasteiger partial charge in [0.1, 0.15) is 12.3 Å². The van der Waals surface area contributed by atoms with Crippen LogP contribution >= 0.6 is 7.52 Å². The lowest BCUT2D eigenvalue weighted by atomic mass is 10.3. The second-order valence-corrected chi connectivity index (χ2v) is 6.43. The van der Waals surface area contributed by atoms with E-state index in [1.807, 2.05) is 26.8 Å². The van der Waals surface area contributed by atoms with Gasteiger partial charge in [-0.2, -0.15) is 0 Å². The van der Waals surface area contributed by atoms with Gasteiger partial charge in [-0.3, -0.25) is 9.36 Å². The molecule has 0 spiro atoms. The predicted molar refractivity (Wildman–Crippen MR) is 85.8 cm³/mol. The standard InChI is InChI=1S/C13H20NO4P.C2H6/c1-3-10-17-13(15)11-14-19(16,4-2)18-12-8-6-5-7-9-12;1-2/h5-9H,3-4,10-11H2,1-2H3,(H,14,16);1-2H3. The molecule has 1 rings (SSSR count). The molecule has 1 N–H and O–H groups in total. The first-order valence-corrected chi connectivity index (χ1v) is 9.15. The fourth-order valence-corrected chi connectivity index (χ4v) is 2.56. The Bertz CT molecular complexity index is 437. The minimum Gasteiger partial charge on any atom is -0.465 e. The number of hydrogen-bond acceptors (Lipinski definition) is 4. The Morgan fingerprint density at radius 3 is 2.33 bits per heavy atom. The summed E-state index contributed by atoms with van der Waals surface area (Å²) in [5.74, 6) is 0.0919. The van der Waals surface area contributed by atoms with E-state index in [-0.39, 0.29) is 6.54 Å². The van der Waals surface area contributed by atoms with Crippen LogP contribution in [0.4, 0.5) is 0 Å². The van der Waals surface area contributed by atoms with Crippen LogP contribution in [0.25, 0.3) is 0 Å². The van der Waals surface area contributed by atoms with Crippen molar-refractivity contribution >= 4 is 13.5 Å². The fraction of sp³-hybridized carbons (Fsp3) is 0.533. The zero-order valence-electron chi connectivity index (χ0n) is 13.3. The molecule has 0 radical (unpaired) electrons. The fourth-order valence-electron chi connectivity index (χ4n) is 1.31. The molecule has 1 aromatic carbocycles. The number of rotatable bonds is 8. The summed E-state index contributed by atoms with van der Waals surface area (Å²) in [4.78, 5) is 11.4. The van der Waals surface area contributed by atoms with E-state index in [4.69, 9.17) is 9.26 Å². The largest absolute Gasteiger partial charge is 0.465 e. The summed E-state index contributed by atoms with van der Waals surface area (Å²) in [6, 6.07) is 8.88. The van der Waals surface area contributed by atoms with E-state index >= 15 is 0 Å². The summed E-state index contributed by atoms with van der Waals surface area (Å²) >= 11 is 0. The number of carbonyl (C=O) groups excluding carboxylic acids is 1. The van der Waals surface area contributed by atoms with Crippen molar-refractivity contribution in [2.75, 3.05) is 19.3 Å². The molecule has 0 aromatic heterocycles. The van der Waals surface area contributed by atoms with E-state index in [1.165, 1.54) is 0 Å². The van der Waals surface area contributed by atoms with Crippen molar-refractivity contribution in [1.82, 2.24) is 5.09 Å². The average molecular weight is 315 g/mol. The van der Waals surface area contributed by atoms with E-state index in [0.29, 0.717) is 18.5 Å². The molecular weight excluding hydrogens is 289 g/mol. The van der Waals surface area contributed by atoms with Gasteiger partial charge < -0.3 is 9.26 Å². The van der Waals surface area contributed by atoms with Crippen LogP contribution in [0.2, 0.25) is 0 Å². The molecule has 0 aliphatic heterocycles. The maximum Gasteiger partial charge on any atom is 0.320 e. The predicted octanol–water partition coefficient (Wildman–Crippen LogP) is 3.85. The summed E-state index contributed by atoms with van der Waals surface area (Å²) in [6.45, 7) is 7.92. The Morgan fingerprint density at radius 1 is 1.19 bits per heavy atom. The Labute approximate surface area is 127 Å². The second-order valence-electron chi connectivity index (χ2n) is 3.95. The molecular formula is C15H26NO4P. The molecule has 0 bridgehead atoms. The highest BCUT2D eigenvalue weighted by molar-refractivity contribution is 7.57. The summed E-state index contributed by atoms with van der Waals surface area (Å²) in [7, 11) is -3.06. The maximum absolute atomic E-state index is 12.4. The smallest absolute Gasteiger partial charge is 0.320 e. The Hall–Kier alpha value is -1.32. The third-order valence-electron chi connectivity index (χ3n) is 2.34. The van der Waals surface area contributed by atoms with Crippen molar-refractivity contribution in [3.8, 4) is 5.75 Å². The Morgan fingerprint density at radius 2 is 1.81 bits per heavy atom. The van der Waals surface area contributed by atoms with Crippen LogP contribution in [-0.2, 0) is 14.1 Å². The van der Waals surface area contributed by atoms with Crippen LogP contribution in [0.1, 0.15) is 34.1 Å². The van der Waals surface area contributed by atoms with Crippen molar-refractivity contribution in [2.45, 2.75) is 34.1 Å². The second kappa shape index (κ2) is 11.4. The molecule has 21 heavy (non-hydrogen) atoms. The number of esters is 1. The summed E-state index contributed by atoms with van der Waals surface area (Å²) in [5.41, 5.74) is 0. The Kier molecular flexibility index (Phi) is 10.6. The number of carbonyl (C=O) groups is 1. The first-order valence-electron chi connectivity index (χ1n) is 7.34. The number of benzene rings is 1. The normalized spacial score (nSPS) is 12.6. The zero-order chi connectivity index (χ0) is 16.1. The molecule has 120 valence electrons. The highest BCUT2D eigenvalue weighted by Gasteiger charge is 2.23. The van der Waals surface area contributed by atoms with Crippen LogP contribution in [0.3, 0.4) is 0 Å². The molecule has 5 nitrogen and oxygen atoms in total. The van der Waals surface area contributed by atoms with Crippen LogP contribution in [0.15, 0.2) is 30.3 Å². The number of ether oxygens (including phenoxy) is 1. The topological polar surface area (TPSA) is 64.6 Å². The third kappa shape index (κ3) is 8.53. The summed E-state index contributed by atoms with van der Waals surface area (Å²) in [6.07, 6.45) is 1.06. The van der Waals surface area contributed by atoms with Gasteiger partial charge in [0.2, 0.25) is 0 Å². The summed E-state index contributed by atoms with van der Waals surface area (Å²) < 4.78 is 22.7. The third-order valence-corrected chi connectivity index (χ3v) is 4.32. The van der Waals surface area contributed by atoms with Gasteiger partial charge in [0.15, 0.2) is 0 Å². The monoisotopic (exact) mass is 315 g/mol. The van der Waals surface area contributed by atoms with Crippen molar-refractivity contribution in [3.63, 3.8) is 0 Å². The van der Waals surface area contributed by atoms with Crippen LogP contribution < -0.4 is 9.61 Å². The highest BCUT2D eigenvalue weighted by atomic mass is 31.2. The maximum atomic E-state index is 12.4. The Balaban J connectivity index is 0.00000191. The van der Waals surface area contributed by atoms with Crippen molar-refractivity contribution in [1.29, 1.82) is 0 Å². The van der Waals surface area contributed by atoms with Gasteiger partial charge in [-0.1, -0.05) is 45.9 Å². The lowest BCUT2D eigenvalue weighted by Crippen LogP contribution is -2.25. The lowest BCUT2D eigenvalue weighted by Gasteiger charge is -2.18. The molecule has 1 aromatic rings. The van der Waals surface area contributed by atoms with Gasteiger partial charge in [-0.25, -0.2) is 5.09 Å². The van der Waals surface area contributed by atoms with Crippen LogP contribution in [0, 0.1) is 0 Å². The van der Waals surface area contributed by atoms with Gasteiger partial charge in [0.05, 0.1) is 6.61 Å². The lowest BCUT2D eigenvalue weighted by molar-refractivity contribution is -0.142. The van der Waals surface area contributed by atoms with Crippen LogP contribution in [-0.4, -0.2) is 25.3 Å². The summed E-state index contributed by atoms with van der Waals surface area (Å²) in [5, 5.41) is 2.66. The highest BCUT2D eigenvalue weighted by Crippen LogP contribution is 2.42. The molecule has 0 heterocycles. The molecule has 0 fully saturated rings. The minimum absolute atomic E-state index is 0.113. The van der Waals surface area contributed by atoms with E-state index in [9.17, 15) is 9.36 Å². The van der Waals surface area contributed by atoms with Crippen molar-refractivity contribution in [2.24, 2.45) is 0 Å². The van der Waals surface area contributed by atoms with E-state index in [0.717, 1.165) is 6.42 Å². The molecule has 1 atom stereocenters. The first kappa shape index (κ1) is 19.7. The molecule has 0 amide bonds. The minimum atomic E-state index is -3.06.